The van der Waals surface area contributed by atoms with E-state index in [0.29, 0.717) is 0 Å². The standard InChI is InChI=1S/C11H15FN2O4S/c1-11(2,3)14(7-10(15)16)19(17,18)9-4-8(12)5-13-6-9/h4-6H,7H2,1-3H3,(H,15,16). The van der Waals surface area contributed by atoms with E-state index in [1.165, 1.54) is 0 Å². The molecular weight excluding hydrogens is 275 g/mol. The molecule has 6 nitrogen and oxygen atoms in total. The molecule has 0 amide bonds. The predicted octanol–water partition coefficient (Wildman–Crippen LogP) is 1.09. The average molecular weight is 290 g/mol. The zero-order valence-corrected chi connectivity index (χ0v) is 11.6. The average Bonchev–Trinajstić information content (AvgIpc) is 2.24. The maximum absolute atomic E-state index is 13.1. The number of carbonyl (C=O) groups is 1. The highest BCUT2D eigenvalue weighted by molar-refractivity contribution is 7.89. The van der Waals surface area contributed by atoms with Crippen molar-refractivity contribution in [3.05, 3.63) is 24.3 Å². The number of carboxylic acid groups (broad SMARTS) is 1. The molecule has 0 atom stereocenters. The number of hydrogen-bond acceptors (Lipinski definition) is 4. The van der Waals surface area contributed by atoms with Crippen LogP contribution in [0.1, 0.15) is 20.8 Å². The maximum atomic E-state index is 13.1. The number of carboxylic acids is 1. The second-order valence-electron chi connectivity index (χ2n) is 4.92. The van der Waals surface area contributed by atoms with Crippen LogP contribution in [0.15, 0.2) is 23.4 Å². The van der Waals surface area contributed by atoms with Crippen molar-refractivity contribution in [3.8, 4) is 0 Å². The van der Waals surface area contributed by atoms with Gasteiger partial charge in [0.2, 0.25) is 10.0 Å². The molecule has 1 heterocycles. The summed E-state index contributed by atoms with van der Waals surface area (Å²) in [5.41, 5.74) is -0.955. The van der Waals surface area contributed by atoms with Crippen molar-refractivity contribution < 1.29 is 22.7 Å². The number of hydrogen-bond donors (Lipinski definition) is 1. The summed E-state index contributed by atoms with van der Waals surface area (Å²) >= 11 is 0. The van der Waals surface area contributed by atoms with Crippen LogP contribution in [0.25, 0.3) is 0 Å². The Morgan fingerprint density at radius 3 is 2.42 bits per heavy atom. The number of aliphatic carboxylic acids is 1. The molecule has 0 aliphatic carbocycles. The zero-order chi connectivity index (χ0) is 14.8. The van der Waals surface area contributed by atoms with Gasteiger partial charge in [0, 0.05) is 11.7 Å². The van der Waals surface area contributed by atoms with Gasteiger partial charge in [0.1, 0.15) is 17.3 Å². The predicted molar refractivity (Wildman–Crippen MR) is 65.5 cm³/mol. The fourth-order valence-corrected chi connectivity index (χ4v) is 3.18. The van der Waals surface area contributed by atoms with E-state index in [9.17, 15) is 17.6 Å². The second-order valence-corrected chi connectivity index (χ2v) is 6.78. The number of pyridine rings is 1. The van der Waals surface area contributed by atoms with E-state index in [1.807, 2.05) is 0 Å². The molecule has 1 rings (SSSR count). The summed E-state index contributed by atoms with van der Waals surface area (Å²) in [6, 6.07) is 0.808. The van der Waals surface area contributed by atoms with Gasteiger partial charge in [0.05, 0.1) is 6.20 Å². The van der Waals surface area contributed by atoms with E-state index >= 15 is 0 Å². The van der Waals surface area contributed by atoms with Crippen molar-refractivity contribution in [2.45, 2.75) is 31.2 Å². The van der Waals surface area contributed by atoms with Crippen molar-refractivity contribution >= 4 is 16.0 Å². The van der Waals surface area contributed by atoms with E-state index in [4.69, 9.17) is 5.11 Å². The van der Waals surface area contributed by atoms with Gasteiger partial charge in [-0.1, -0.05) is 0 Å². The molecule has 0 aliphatic heterocycles. The summed E-state index contributed by atoms with van der Waals surface area (Å²) in [7, 11) is -4.13. The van der Waals surface area contributed by atoms with Gasteiger partial charge < -0.3 is 5.11 Å². The molecule has 0 spiro atoms. The zero-order valence-electron chi connectivity index (χ0n) is 10.8. The fourth-order valence-electron chi connectivity index (χ4n) is 1.47. The van der Waals surface area contributed by atoms with Crippen LogP contribution < -0.4 is 0 Å². The molecule has 0 saturated carbocycles. The Labute approximate surface area is 110 Å². The molecule has 0 aromatic carbocycles. The molecule has 0 saturated heterocycles. The normalized spacial score (nSPS) is 12.7. The first-order chi connectivity index (χ1) is 8.55. The first kappa shape index (κ1) is 15.5. The Balaban J connectivity index is 3.32. The van der Waals surface area contributed by atoms with Gasteiger partial charge in [-0.3, -0.25) is 9.78 Å². The first-order valence-corrected chi connectivity index (χ1v) is 6.84. The summed E-state index contributed by atoms with van der Waals surface area (Å²) in [6.07, 6.45) is 1.86. The van der Waals surface area contributed by atoms with E-state index < -0.39 is 33.9 Å². The van der Waals surface area contributed by atoms with E-state index in [0.717, 1.165) is 22.8 Å². The Hall–Kier alpha value is -1.54. The largest absolute Gasteiger partial charge is 0.480 e. The number of nitrogens with zero attached hydrogens (tertiary/aromatic N) is 2. The summed E-state index contributed by atoms with van der Waals surface area (Å²) < 4.78 is 38.5. The number of rotatable bonds is 4. The fraction of sp³-hybridized carbons (Fsp3) is 0.455. The van der Waals surface area contributed by atoms with Gasteiger partial charge in [0.15, 0.2) is 0 Å². The van der Waals surface area contributed by atoms with Gasteiger partial charge in [-0.05, 0) is 26.8 Å². The van der Waals surface area contributed by atoms with E-state index in [-0.39, 0.29) is 4.90 Å². The number of halogens is 1. The van der Waals surface area contributed by atoms with Crippen molar-refractivity contribution in [2.75, 3.05) is 6.54 Å². The highest BCUT2D eigenvalue weighted by atomic mass is 32.2. The second kappa shape index (κ2) is 5.22. The molecule has 0 radical (unpaired) electrons. The SMILES string of the molecule is CC(C)(C)N(CC(=O)O)S(=O)(=O)c1cncc(F)c1. The van der Waals surface area contributed by atoms with Crippen molar-refractivity contribution in [2.24, 2.45) is 0 Å². The van der Waals surface area contributed by atoms with Crippen LogP contribution in [0.3, 0.4) is 0 Å². The third kappa shape index (κ3) is 3.71. The summed E-state index contributed by atoms with van der Waals surface area (Å²) in [4.78, 5) is 13.9. The quantitative estimate of drug-likeness (QED) is 0.897. The van der Waals surface area contributed by atoms with Gasteiger partial charge in [-0.15, -0.1) is 0 Å². The van der Waals surface area contributed by atoms with Crippen LogP contribution in [-0.2, 0) is 14.8 Å². The molecule has 0 unspecified atom stereocenters. The Bertz CT molecular complexity index is 581. The summed E-state index contributed by atoms with van der Waals surface area (Å²) in [5, 5.41) is 8.82. The van der Waals surface area contributed by atoms with Crippen LogP contribution in [0.4, 0.5) is 4.39 Å². The van der Waals surface area contributed by atoms with E-state index in [1.54, 1.807) is 20.8 Å². The summed E-state index contributed by atoms with van der Waals surface area (Å²) in [6.45, 7) is 3.96. The lowest BCUT2D eigenvalue weighted by Gasteiger charge is -2.33. The van der Waals surface area contributed by atoms with Crippen LogP contribution in [0.2, 0.25) is 0 Å². The smallest absolute Gasteiger partial charge is 0.318 e. The molecule has 106 valence electrons. The third-order valence-corrected chi connectivity index (χ3v) is 4.37. The molecule has 1 N–H and O–H groups in total. The van der Waals surface area contributed by atoms with Crippen LogP contribution >= 0.6 is 0 Å². The molecule has 19 heavy (non-hydrogen) atoms. The molecular formula is C11H15FN2O4S. The van der Waals surface area contributed by atoms with E-state index in [2.05, 4.69) is 4.98 Å². The number of sulfonamides is 1. The number of aromatic nitrogens is 1. The Morgan fingerprint density at radius 2 is 2.00 bits per heavy atom. The molecule has 1 aromatic rings. The molecule has 0 bridgehead atoms. The third-order valence-electron chi connectivity index (χ3n) is 2.29. The van der Waals surface area contributed by atoms with Crippen molar-refractivity contribution in [1.29, 1.82) is 0 Å². The first-order valence-electron chi connectivity index (χ1n) is 5.40. The monoisotopic (exact) mass is 290 g/mol. The van der Waals surface area contributed by atoms with Crippen LogP contribution in [0.5, 0.6) is 0 Å². The topological polar surface area (TPSA) is 87.6 Å². The summed E-state index contributed by atoms with van der Waals surface area (Å²) in [5.74, 6) is -2.09. The lowest BCUT2D eigenvalue weighted by atomic mass is 10.1. The van der Waals surface area contributed by atoms with Crippen LogP contribution in [0, 0.1) is 5.82 Å². The Kier molecular flexibility index (Phi) is 4.26. The lowest BCUT2D eigenvalue weighted by molar-refractivity contribution is -0.138. The minimum atomic E-state index is -4.13. The van der Waals surface area contributed by atoms with Gasteiger partial charge >= 0.3 is 5.97 Å². The molecule has 8 heteroatoms. The lowest BCUT2D eigenvalue weighted by Crippen LogP contribution is -2.48. The minimum absolute atomic E-state index is 0.372. The molecule has 0 fully saturated rings. The van der Waals surface area contributed by atoms with Crippen molar-refractivity contribution in [1.82, 2.24) is 9.29 Å². The molecule has 0 aliphatic rings. The van der Waals surface area contributed by atoms with Gasteiger partial charge in [-0.25, -0.2) is 12.8 Å². The maximum Gasteiger partial charge on any atom is 0.318 e. The minimum Gasteiger partial charge on any atom is -0.480 e. The highest BCUT2D eigenvalue weighted by Gasteiger charge is 2.35. The van der Waals surface area contributed by atoms with Gasteiger partial charge in [-0.2, -0.15) is 4.31 Å². The van der Waals surface area contributed by atoms with Crippen LogP contribution in [-0.4, -0.2) is 40.9 Å². The van der Waals surface area contributed by atoms with Crippen molar-refractivity contribution in [3.63, 3.8) is 0 Å². The van der Waals surface area contributed by atoms with Gasteiger partial charge in [0.25, 0.3) is 0 Å². The Morgan fingerprint density at radius 1 is 1.42 bits per heavy atom. The highest BCUT2D eigenvalue weighted by Crippen LogP contribution is 2.23. The molecule has 1 aromatic heterocycles.